The van der Waals surface area contributed by atoms with E-state index < -0.39 is 5.97 Å². The van der Waals surface area contributed by atoms with Crippen molar-refractivity contribution in [3.8, 4) is 0 Å². The maximum absolute atomic E-state index is 12.0. The third-order valence-corrected chi connectivity index (χ3v) is 3.73. The van der Waals surface area contributed by atoms with Crippen LogP contribution in [0.5, 0.6) is 0 Å². The Morgan fingerprint density at radius 2 is 2.05 bits per heavy atom. The molecule has 19 heavy (non-hydrogen) atoms. The average Bonchev–Trinajstić information content (AvgIpc) is 2.27. The van der Waals surface area contributed by atoms with Gasteiger partial charge in [0.2, 0.25) is 0 Å². The number of hydrogen-bond acceptors (Lipinski definition) is 2. The lowest BCUT2D eigenvalue weighted by atomic mass is 10.1. The Kier molecular flexibility index (Phi) is 6.51. The predicted octanol–water partition coefficient (Wildman–Crippen LogP) is 3.58. The Labute approximate surface area is 128 Å². The van der Waals surface area contributed by atoms with Crippen LogP contribution in [-0.4, -0.2) is 23.0 Å². The summed E-state index contributed by atoms with van der Waals surface area (Å²) in [6, 6.07) is 5.29. The molecular formula is C13H15Br2NO3. The summed E-state index contributed by atoms with van der Waals surface area (Å²) < 4.78 is 1.61. The lowest BCUT2D eigenvalue weighted by Crippen LogP contribution is -2.32. The van der Waals surface area contributed by atoms with Crippen LogP contribution in [0.15, 0.2) is 27.1 Å². The van der Waals surface area contributed by atoms with Crippen LogP contribution < -0.4 is 5.32 Å². The summed E-state index contributed by atoms with van der Waals surface area (Å²) >= 11 is 6.67. The summed E-state index contributed by atoms with van der Waals surface area (Å²) in [7, 11) is 0. The highest BCUT2D eigenvalue weighted by Crippen LogP contribution is 2.22. The summed E-state index contributed by atoms with van der Waals surface area (Å²) in [6.07, 6.45) is 1.33. The number of benzene rings is 1. The first-order valence-electron chi connectivity index (χ1n) is 5.88. The molecule has 0 aliphatic carbocycles. The van der Waals surface area contributed by atoms with Crippen LogP contribution in [0.25, 0.3) is 0 Å². The Balaban J connectivity index is 2.52. The van der Waals surface area contributed by atoms with Crippen LogP contribution in [-0.2, 0) is 4.79 Å². The van der Waals surface area contributed by atoms with Gasteiger partial charge in [-0.25, -0.2) is 0 Å². The largest absolute Gasteiger partial charge is 0.481 e. The highest BCUT2D eigenvalue weighted by molar-refractivity contribution is 9.11. The molecule has 0 spiro atoms. The zero-order valence-corrected chi connectivity index (χ0v) is 13.6. The van der Waals surface area contributed by atoms with Crippen LogP contribution >= 0.6 is 31.9 Å². The fourth-order valence-electron chi connectivity index (χ4n) is 1.61. The van der Waals surface area contributed by atoms with Crippen LogP contribution in [0.1, 0.15) is 36.5 Å². The second-order valence-corrected chi connectivity index (χ2v) is 6.05. The fourth-order valence-corrected chi connectivity index (χ4v) is 2.83. The van der Waals surface area contributed by atoms with E-state index in [1.54, 1.807) is 12.1 Å². The number of rotatable bonds is 6. The Bertz CT molecular complexity index is 477. The molecule has 1 atom stereocenters. The maximum atomic E-state index is 12.0. The molecule has 0 aromatic heterocycles. The summed E-state index contributed by atoms with van der Waals surface area (Å²) in [5, 5.41) is 11.4. The Hall–Kier alpha value is -0.880. The van der Waals surface area contributed by atoms with Crippen molar-refractivity contribution in [3.05, 3.63) is 32.7 Å². The van der Waals surface area contributed by atoms with Gasteiger partial charge in [-0.1, -0.05) is 15.9 Å². The summed E-state index contributed by atoms with van der Waals surface area (Å²) in [6.45, 7) is 1.87. The lowest BCUT2D eigenvalue weighted by molar-refractivity contribution is -0.137. The molecule has 1 unspecified atom stereocenters. The second-order valence-electron chi connectivity index (χ2n) is 4.28. The Morgan fingerprint density at radius 1 is 1.37 bits per heavy atom. The lowest BCUT2D eigenvalue weighted by Gasteiger charge is -2.14. The van der Waals surface area contributed by atoms with Crippen LogP contribution in [0, 0.1) is 0 Å². The maximum Gasteiger partial charge on any atom is 0.303 e. The summed E-state index contributed by atoms with van der Waals surface area (Å²) in [5.41, 5.74) is 0.563. The summed E-state index contributed by atoms with van der Waals surface area (Å²) in [5.74, 6) is -0.976. The van der Waals surface area contributed by atoms with Gasteiger partial charge in [0.1, 0.15) is 0 Å². The van der Waals surface area contributed by atoms with Crippen molar-refractivity contribution in [2.45, 2.75) is 32.2 Å². The van der Waals surface area contributed by atoms with Crippen LogP contribution in [0.3, 0.4) is 0 Å². The monoisotopic (exact) mass is 391 g/mol. The molecule has 0 bridgehead atoms. The number of nitrogens with one attached hydrogen (secondary N) is 1. The van der Waals surface area contributed by atoms with E-state index >= 15 is 0 Å². The van der Waals surface area contributed by atoms with E-state index in [-0.39, 0.29) is 18.4 Å². The second kappa shape index (κ2) is 7.65. The minimum atomic E-state index is -0.811. The van der Waals surface area contributed by atoms with Crippen LogP contribution in [0.4, 0.5) is 0 Å². The molecule has 0 heterocycles. The number of hydrogen-bond donors (Lipinski definition) is 2. The molecule has 6 heteroatoms. The molecule has 0 saturated carbocycles. The first kappa shape index (κ1) is 16.2. The normalized spacial score (nSPS) is 11.9. The summed E-state index contributed by atoms with van der Waals surface area (Å²) in [4.78, 5) is 22.4. The van der Waals surface area contributed by atoms with E-state index in [1.807, 2.05) is 13.0 Å². The molecule has 2 N–H and O–H groups in total. The van der Waals surface area contributed by atoms with Gasteiger partial charge in [-0.2, -0.15) is 0 Å². The first-order chi connectivity index (χ1) is 8.90. The van der Waals surface area contributed by atoms with Gasteiger partial charge in [-0.05, 0) is 53.9 Å². The van der Waals surface area contributed by atoms with Gasteiger partial charge in [0, 0.05) is 21.4 Å². The predicted molar refractivity (Wildman–Crippen MR) is 80.3 cm³/mol. The van der Waals surface area contributed by atoms with Gasteiger partial charge in [-0.15, -0.1) is 0 Å². The molecular weight excluding hydrogens is 378 g/mol. The van der Waals surface area contributed by atoms with E-state index in [9.17, 15) is 9.59 Å². The van der Waals surface area contributed by atoms with Crippen molar-refractivity contribution in [1.29, 1.82) is 0 Å². The molecule has 0 fully saturated rings. The van der Waals surface area contributed by atoms with Gasteiger partial charge in [0.05, 0.1) is 5.56 Å². The van der Waals surface area contributed by atoms with Gasteiger partial charge < -0.3 is 10.4 Å². The molecule has 4 nitrogen and oxygen atoms in total. The number of aliphatic carboxylic acids is 1. The minimum Gasteiger partial charge on any atom is -0.481 e. The smallest absolute Gasteiger partial charge is 0.303 e. The zero-order valence-electron chi connectivity index (χ0n) is 10.5. The van der Waals surface area contributed by atoms with E-state index in [0.717, 1.165) is 8.95 Å². The molecule has 1 rings (SSSR count). The molecule has 104 valence electrons. The van der Waals surface area contributed by atoms with Gasteiger partial charge in [0.15, 0.2) is 0 Å². The topological polar surface area (TPSA) is 66.4 Å². The van der Waals surface area contributed by atoms with Crippen molar-refractivity contribution in [2.75, 3.05) is 0 Å². The number of carbonyl (C=O) groups excluding carboxylic acids is 1. The first-order valence-corrected chi connectivity index (χ1v) is 7.46. The molecule has 0 aliphatic heterocycles. The highest BCUT2D eigenvalue weighted by Gasteiger charge is 2.13. The molecule has 0 radical (unpaired) electrons. The van der Waals surface area contributed by atoms with E-state index in [2.05, 4.69) is 37.2 Å². The SMILES string of the molecule is CC(CCCC(=O)O)NC(=O)c1ccc(Br)cc1Br. The zero-order chi connectivity index (χ0) is 14.4. The van der Waals surface area contributed by atoms with Gasteiger partial charge in [0.25, 0.3) is 5.91 Å². The van der Waals surface area contributed by atoms with E-state index in [0.29, 0.717) is 18.4 Å². The standard InChI is InChI=1S/C13H15Br2NO3/c1-8(3-2-4-12(17)18)16-13(19)10-6-5-9(14)7-11(10)15/h5-8H,2-4H2,1H3,(H,16,19)(H,17,18). The third-order valence-electron chi connectivity index (χ3n) is 2.58. The Morgan fingerprint density at radius 3 is 2.63 bits per heavy atom. The molecule has 1 aromatic rings. The average molecular weight is 393 g/mol. The minimum absolute atomic E-state index is 0.0533. The van der Waals surface area contributed by atoms with Crippen molar-refractivity contribution >= 4 is 43.7 Å². The van der Waals surface area contributed by atoms with Crippen molar-refractivity contribution in [2.24, 2.45) is 0 Å². The van der Waals surface area contributed by atoms with Crippen LogP contribution in [0.2, 0.25) is 0 Å². The quantitative estimate of drug-likeness (QED) is 0.777. The number of halogens is 2. The fraction of sp³-hybridized carbons (Fsp3) is 0.385. The molecule has 1 amide bonds. The van der Waals surface area contributed by atoms with Crippen molar-refractivity contribution < 1.29 is 14.7 Å². The van der Waals surface area contributed by atoms with Gasteiger partial charge in [-0.3, -0.25) is 9.59 Å². The van der Waals surface area contributed by atoms with E-state index in [4.69, 9.17) is 5.11 Å². The molecule has 1 aromatic carbocycles. The van der Waals surface area contributed by atoms with Crippen molar-refractivity contribution in [3.63, 3.8) is 0 Å². The molecule has 0 aliphatic rings. The third kappa shape index (κ3) is 5.74. The number of carboxylic acids is 1. The number of amides is 1. The van der Waals surface area contributed by atoms with E-state index in [1.165, 1.54) is 0 Å². The van der Waals surface area contributed by atoms with Gasteiger partial charge >= 0.3 is 5.97 Å². The van der Waals surface area contributed by atoms with Crippen molar-refractivity contribution in [1.82, 2.24) is 5.32 Å². The number of carbonyl (C=O) groups is 2. The number of carboxylic acid groups (broad SMARTS) is 1. The molecule has 0 saturated heterocycles. The highest BCUT2D eigenvalue weighted by atomic mass is 79.9.